The van der Waals surface area contributed by atoms with Crippen molar-refractivity contribution in [2.24, 2.45) is 0 Å². The number of benzene rings is 1. The number of sulfonamides is 1. The van der Waals surface area contributed by atoms with Gasteiger partial charge in [0.05, 0.1) is 17.1 Å². The van der Waals surface area contributed by atoms with Crippen molar-refractivity contribution < 1.29 is 17.9 Å². The van der Waals surface area contributed by atoms with Crippen LogP contribution in [0.15, 0.2) is 53.6 Å². The number of piperazine rings is 1. The maximum Gasteiger partial charge on any atom is 0.338 e. The van der Waals surface area contributed by atoms with Crippen molar-refractivity contribution in [3.63, 3.8) is 0 Å². The quantitative estimate of drug-likeness (QED) is 0.741. The first kappa shape index (κ1) is 18.3. The van der Waals surface area contributed by atoms with E-state index in [1.54, 1.807) is 25.3 Å². The Bertz CT molecular complexity index is 863. The molecule has 0 bridgehead atoms. The van der Waals surface area contributed by atoms with Crippen LogP contribution in [0.5, 0.6) is 0 Å². The van der Waals surface area contributed by atoms with E-state index < -0.39 is 16.0 Å². The molecule has 2 aromatic rings. The van der Waals surface area contributed by atoms with Crippen molar-refractivity contribution >= 4 is 21.8 Å². The molecular weight excluding hydrogens is 354 g/mol. The summed E-state index contributed by atoms with van der Waals surface area (Å²) in [4.78, 5) is 18.3. The summed E-state index contributed by atoms with van der Waals surface area (Å²) < 4.78 is 32.2. The predicted octanol–water partition coefficient (Wildman–Crippen LogP) is 1.77. The van der Waals surface area contributed by atoms with Gasteiger partial charge in [0.2, 0.25) is 10.0 Å². The molecule has 0 saturated carbocycles. The Morgan fingerprint density at radius 3 is 2.54 bits per heavy atom. The van der Waals surface area contributed by atoms with E-state index in [-0.39, 0.29) is 17.1 Å². The van der Waals surface area contributed by atoms with Gasteiger partial charge >= 0.3 is 5.97 Å². The molecule has 1 aromatic carbocycles. The third kappa shape index (κ3) is 3.86. The SMILES string of the molecule is CCOC(=O)c1cccc(S(=O)(=O)N2CCN(c3ccccn3)CC2)c1. The summed E-state index contributed by atoms with van der Waals surface area (Å²) in [5, 5.41) is 0. The van der Waals surface area contributed by atoms with E-state index in [9.17, 15) is 13.2 Å². The van der Waals surface area contributed by atoms with E-state index >= 15 is 0 Å². The van der Waals surface area contributed by atoms with Crippen LogP contribution >= 0.6 is 0 Å². The third-order valence-corrected chi connectivity index (χ3v) is 6.09. The number of pyridine rings is 1. The van der Waals surface area contributed by atoms with Crippen molar-refractivity contribution in [2.45, 2.75) is 11.8 Å². The van der Waals surface area contributed by atoms with Gasteiger partial charge in [0, 0.05) is 32.4 Å². The Labute approximate surface area is 153 Å². The molecule has 0 unspecified atom stereocenters. The van der Waals surface area contributed by atoms with Gasteiger partial charge < -0.3 is 9.64 Å². The van der Waals surface area contributed by atoms with E-state index in [0.29, 0.717) is 26.2 Å². The van der Waals surface area contributed by atoms with Gasteiger partial charge in [-0.25, -0.2) is 18.2 Å². The summed E-state index contributed by atoms with van der Waals surface area (Å²) in [7, 11) is -3.66. The lowest BCUT2D eigenvalue weighted by Gasteiger charge is -2.34. The first-order valence-electron chi connectivity index (χ1n) is 8.45. The van der Waals surface area contributed by atoms with E-state index in [1.165, 1.54) is 16.4 Å². The standard InChI is InChI=1S/C18H21N3O4S/c1-2-25-18(22)15-6-5-7-16(14-15)26(23,24)21-12-10-20(11-13-21)17-8-3-4-9-19-17/h3-9,14H,2,10-13H2,1H3. The van der Waals surface area contributed by atoms with Crippen LogP contribution in [0.3, 0.4) is 0 Å². The minimum atomic E-state index is -3.66. The lowest BCUT2D eigenvalue weighted by atomic mass is 10.2. The molecule has 138 valence electrons. The van der Waals surface area contributed by atoms with Gasteiger partial charge in [-0.05, 0) is 37.3 Å². The Hall–Kier alpha value is -2.45. The monoisotopic (exact) mass is 375 g/mol. The third-order valence-electron chi connectivity index (χ3n) is 4.19. The zero-order chi connectivity index (χ0) is 18.6. The first-order chi connectivity index (χ1) is 12.5. The Morgan fingerprint density at radius 1 is 1.12 bits per heavy atom. The normalized spacial score (nSPS) is 15.7. The highest BCUT2D eigenvalue weighted by Gasteiger charge is 2.29. The maximum atomic E-state index is 12.9. The smallest absolute Gasteiger partial charge is 0.338 e. The molecule has 0 N–H and O–H groups in total. The van der Waals surface area contributed by atoms with Gasteiger partial charge in [-0.2, -0.15) is 4.31 Å². The number of hydrogen-bond donors (Lipinski definition) is 0. The molecule has 3 rings (SSSR count). The van der Waals surface area contributed by atoms with Crippen molar-refractivity contribution in [3.05, 3.63) is 54.2 Å². The molecule has 7 nitrogen and oxygen atoms in total. The maximum absolute atomic E-state index is 12.9. The fraction of sp³-hybridized carbons (Fsp3) is 0.333. The fourth-order valence-electron chi connectivity index (χ4n) is 2.85. The second kappa shape index (κ2) is 7.84. The zero-order valence-corrected chi connectivity index (χ0v) is 15.4. The Balaban J connectivity index is 1.73. The number of carbonyl (C=O) groups is 1. The van der Waals surface area contributed by atoms with Crippen LogP contribution in [0, 0.1) is 0 Å². The van der Waals surface area contributed by atoms with Crippen LogP contribution in [0.2, 0.25) is 0 Å². The van der Waals surface area contributed by atoms with Gasteiger partial charge in [-0.3, -0.25) is 0 Å². The molecule has 0 spiro atoms. The van der Waals surface area contributed by atoms with Crippen LogP contribution in [0.1, 0.15) is 17.3 Å². The second-order valence-electron chi connectivity index (χ2n) is 5.83. The number of anilines is 1. The van der Waals surface area contributed by atoms with Crippen LogP contribution in [0.25, 0.3) is 0 Å². The average Bonchev–Trinajstić information content (AvgIpc) is 2.69. The summed E-state index contributed by atoms with van der Waals surface area (Å²) in [6.07, 6.45) is 1.72. The van der Waals surface area contributed by atoms with Crippen LogP contribution in [-0.2, 0) is 14.8 Å². The zero-order valence-electron chi connectivity index (χ0n) is 14.5. The molecule has 1 aliphatic heterocycles. The predicted molar refractivity (Wildman–Crippen MR) is 97.6 cm³/mol. The number of nitrogens with zero attached hydrogens (tertiary/aromatic N) is 3. The summed E-state index contributed by atoms with van der Waals surface area (Å²) in [6, 6.07) is 11.7. The molecule has 8 heteroatoms. The van der Waals surface area contributed by atoms with Crippen LogP contribution in [-0.4, -0.2) is 56.5 Å². The fourth-order valence-corrected chi connectivity index (χ4v) is 4.31. The van der Waals surface area contributed by atoms with Gasteiger partial charge in [0.25, 0.3) is 0 Å². The molecule has 1 aromatic heterocycles. The number of rotatable bonds is 5. The molecule has 0 atom stereocenters. The first-order valence-corrected chi connectivity index (χ1v) is 9.89. The number of esters is 1. The highest BCUT2D eigenvalue weighted by Crippen LogP contribution is 2.21. The van der Waals surface area contributed by atoms with Crippen LogP contribution in [0.4, 0.5) is 5.82 Å². The van der Waals surface area contributed by atoms with Crippen molar-refractivity contribution in [1.29, 1.82) is 0 Å². The minimum Gasteiger partial charge on any atom is -0.462 e. The van der Waals surface area contributed by atoms with E-state index in [1.807, 2.05) is 18.2 Å². The number of aromatic nitrogens is 1. The summed E-state index contributed by atoms with van der Waals surface area (Å²) in [5.74, 6) is 0.318. The second-order valence-corrected chi connectivity index (χ2v) is 7.77. The largest absolute Gasteiger partial charge is 0.462 e. The van der Waals surface area contributed by atoms with Crippen molar-refractivity contribution in [1.82, 2.24) is 9.29 Å². The summed E-state index contributed by atoms with van der Waals surface area (Å²) in [5.41, 5.74) is 0.236. The lowest BCUT2D eigenvalue weighted by molar-refractivity contribution is 0.0526. The molecule has 0 aliphatic carbocycles. The Morgan fingerprint density at radius 2 is 1.88 bits per heavy atom. The lowest BCUT2D eigenvalue weighted by Crippen LogP contribution is -2.48. The number of ether oxygens (including phenoxy) is 1. The van der Waals surface area contributed by atoms with Crippen molar-refractivity contribution in [3.8, 4) is 0 Å². The minimum absolute atomic E-state index is 0.106. The van der Waals surface area contributed by atoms with Gasteiger partial charge in [-0.15, -0.1) is 0 Å². The van der Waals surface area contributed by atoms with Crippen molar-refractivity contribution in [2.75, 3.05) is 37.7 Å². The molecule has 1 fully saturated rings. The van der Waals surface area contributed by atoms with Gasteiger partial charge in [-0.1, -0.05) is 12.1 Å². The number of carbonyl (C=O) groups excluding carboxylic acids is 1. The average molecular weight is 375 g/mol. The van der Waals surface area contributed by atoms with E-state index in [4.69, 9.17) is 4.74 Å². The van der Waals surface area contributed by atoms with Gasteiger partial charge in [0.1, 0.15) is 5.82 Å². The van der Waals surface area contributed by atoms with E-state index in [0.717, 1.165) is 5.82 Å². The highest BCUT2D eigenvalue weighted by molar-refractivity contribution is 7.89. The molecule has 2 heterocycles. The van der Waals surface area contributed by atoms with Gasteiger partial charge in [0.15, 0.2) is 0 Å². The molecule has 0 amide bonds. The van der Waals surface area contributed by atoms with E-state index in [2.05, 4.69) is 9.88 Å². The molecular formula is C18H21N3O4S. The highest BCUT2D eigenvalue weighted by atomic mass is 32.2. The topological polar surface area (TPSA) is 79.8 Å². The summed E-state index contributed by atoms with van der Waals surface area (Å²) in [6.45, 7) is 3.80. The summed E-state index contributed by atoms with van der Waals surface area (Å²) >= 11 is 0. The van der Waals surface area contributed by atoms with Crippen LogP contribution < -0.4 is 4.90 Å². The molecule has 0 radical (unpaired) electrons. The molecule has 1 aliphatic rings. The Kier molecular flexibility index (Phi) is 5.53. The number of hydrogen-bond acceptors (Lipinski definition) is 6. The molecule has 26 heavy (non-hydrogen) atoms. The molecule has 1 saturated heterocycles.